The highest BCUT2D eigenvalue weighted by molar-refractivity contribution is 6.06. The standard InChI is InChI=1S/C24H16O/c1-2-7-17(8-3-1)18-9-6-10-19(15-18)20-13-14-24-22(16-20)21-11-4-5-12-23(21)25-24/h1-16H. The maximum absolute atomic E-state index is 5.94. The molecule has 25 heavy (non-hydrogen) atoms. The third-order valence-electron chi connectivity index (χ3n) is 4.68. The molecule has 5 rings (SSSR count). The Labute approximate surface area is 146 Å². The molecule has 0 spiro atoms. The molecule has 0 saturated carbocycles. The largest absolute Gasteiger partial charge is 0.456 e. The Kier molecular flexibility index (Phi) is 3.17. The van der Waals surface area contributed by atoms with Crippen LogP contribution in [-0.2, 0) is 0 Å². The second-order valence-electron chi connectivity index (χ2n) is 6.26. The van der Waals surface area contributed by atoms with Crippen molar-refractivity contribution in [2.45, 2.75) is 0 Å². The number of benzene rings is 4. The van der Waals surface area contributed by atoms with Gasteiger partial charge in [0.05, 0.1) is 0 Å². The molecule has 5 aromatic rings. The van der Waals surface area contributed by atoms with E-state index in [0.29, 0.717) is 0 Å². The summed E-state index contributed by atoms with van der Waals surface area (Å²) in [6.07, 6.45) is 0. The van der Waals surface area contributed by atoms with Gasteiger partial charge in [0.1, 0.15) is 11.2 Å². The molecular weight excluding hydrogens is 304 g/mol. The van der Waals surface area contributed by atoms with Crippen LogP contribution >= 0.6 is 0 Å². The van der Waals surface area contributed by atoms with Crippen LogP contribution < -0.4 is 0 Å². The zero-order valence-electron chi connectivity index (χ0n) is 13.6. The Bertz CT molecular complexity index is 1180. The number of rotatable bonds is 2. The fraction of sp³-hybridized carbons (Fsp3) is 0. The summed E-state index contributed by atoms with van der Waals surface area (Å²) in [7, 11) is 0. The van der Waals surface area contributed by atoms with Crippen molar-refractivity contribution < 1.29 is 4.42 Å². The molecule has 118 valence electrons. The van der Waals surface area contributed by atoms with Crippen molar-refractivity contribution in [3.05, 3.63) is 97.1 Å². The summed E-state index contributed by atoms with van der Waals surface area (Å²) >= 11 is 0. The van der Waals surface area contributed by atoms with Crippen LogP contribution in [0, 0.1) is 0 Å². The summed E-state index contributed by atoms with van der Waals surface area (Å²) < 4.78 is 5.94. The smallest absolute Gasteiger partial charge is 0.135 e. The highest BCUT2D eigenvalue weighted by atomic mass is 16.3. The fourth-order valence-electron chi connectivity index (χ4n) is 3.41. The molecule has 0 fully saturated rings. The summed E-state index contributed by atoms with van der Waals surface area (Å²) in [5.41, 5.74) is 6.76. The molecule has 0 bridgehead atoms. The molecule has 0 aliphatic carbocycles. The maximum atomic E-state index is 5.94. The highest BCUT2D eigenvalue weighted by Crippen LogP contribution is 2.33. The molecular formula is C24H16O. The number of hydrogen-bond acceptors (Lipinski definition) is 1. The normalized spacial score (nSPS) is 11.2. The predicted molar refractivity (Wildman–Crippen MR) is 105 cm³/mol. The third kappa shape index (κ3) is 2.41. The van der Waals surface area contributed by atoms with Crippen molar-refractivity contribution in [2.75, 3.05) is 0 Å². The lowest BCUT2D eigenvalue weighted by Gasteiger charge is -2.06. The van der Waals surface area contributed by atoms with Gasteiger partial charge in [-0.2, -0.15) is 0 Å². The van der Waals surface area contributed by atoms with Crippen molar-refractivity contribution in [3.63, 3.8) is 0 Å². The lowest BCUT2D eigenvalue weighted by Crippen LogP contribution is -1.81. The van der Waals surface area contributed by atoms with Gasteiger partial charge in [0.15, 0.2) is 0 Å². The van der Waals surface area contributed by atoms with E-state index in [-0.39, 0.29) is 0 Å². The van der Waals surface area contributed by atoms with E-state index in [0.717, 1.165) is 11.2 Å². The fourth-order valence-corrected chi connectivity index (χ4v) is 3.41. The topological polar surface area (TPSA) is 13.1 Å². The maximum Gasteiger partial charge on any atom is 0.135 e. The van der Waals surface area contributed by atoms with E-state index in [4.69, 9.17) is 4.42 Å². The first kappa shape index (κ1) is 14.1. The second kappa shape index (κ2) is 5.64. The number of fused-ring (bicyclic) bond motifs is 3. The average Bonchev–Trinajstić information content (AvgIpc) is 3.07. The molecule has 0 aliphatic heterocycles. The molecule has 1 heteroatoms. The SMILES string of the molecule is c1ccc(-c2cccc(-c3ccc4oc5ccccc5c4c3)c2)cc1. The Balaban J connectivity index is 1.67. The summed E-state index contributed by atoms with van der Waals surface area (Å²) in [6, 6.07) is 33.8. The summed E-state index contributed by atoms with van der Waals surface area (Å²) in [4.78, 5) is 0. The molecule has 1 nitrogen and oxygen atoms in total. The Morgan fingerprint density at radius 1 is 0.400 bits per heavy atom. The van der Waals surface area contributed by atoms with Crippen molar-refractivity contribution in [1.29, 1.82) is 0 Å². The molecule has 0 amide bonds. The van der Waals surface area contributed by atoms with Crippen LogP contribution in [0.25, 0.3) is 44.2 Å². The van der Waals surface area contributed by atoms with Crippen LogP contribution in [0.5, 0.6) is 0 Å². The third-order valence-corrected chi connectivity index (χ3v) is 4.68. The van der Waals surface area contributed by atoms with E-state index in [1.807, 2.05) is 18.2 Å². The van der Waals surface area contributed by atoms with Crippen molar-refractivity contribution in [1.82, 2.24) is 0 Å². The summed E-state index contributed by atoms with van der Waals surface area (Å²) in [6.45, 7) is 0. The number of para-hydroxylation sites is 1. The second-order valence-corrected chi connectivity index (χ2v) is 6.26. The van der Waals surface area contributed by atoms with Crippen LogP contribution in [0.2, 0.25) is 0 Å². The summed E-state index contributed by atoms with van der Waals surface area (Å²) in [5.74, 6) is 0. The Morgan fingerprint density at radius 3 is 1.92 bits per heavy atom. The molecule has 0 aliphatic rings. The van der Waals surface area contributed by atoms with Gasteiger partial charge >= 0.3 is 0 Å². The van der Waals surface area contributed by atoms with Crippen molar-refractivity contribution in [2.24, 2.45) is 0 Å². The van der Waals surface area contributed by atoms with Gasteiger partial charge in [-0.1, -0.05) is 72.8 Å². The highest BCUT2D eigenvalue weighted by Gasteiger charge is 2.08. The van der Waals surface area contributed by atoms with Crippen LogP contribution in [0.15, 0.2) is 101 Å². The summed E-state index contributed by atoms with van der Waals surface area (Å²) in [5, 5.41) is 2.33. The van der Waals surface area contributed by atoms with E-state index in [1.54, 1.807) is 0 Å². The molecule has 4 aromatic carbocycles. The van der Waals surface area contributed by atoms with E-state index < -0.39 is 0 Å². The van der Waals surface area contributed by atoms with Crippen LogP contribution in [0.4, 0.5) is 0 Å². The minimum Gasteiger partial charge on any atom is -0.456 e. The first-order valence-corrected chi connectivity index (χ1v) is 8.46. The van der Waals surface area contributed by atoms with E-state index >= 15 is 0 Å². The van der Waals surface area contributed by atoms with E-state index in [9.17, 15) is 0 Å². The molecule has 0 radical (unpaired) electrons. The molecule has 1 aromatic heterocycles. The zero-order valence-corrected chi connectivity index (χ0v) is 13.6. The van der Waals surface area contributed by atoms with Gasteiger partial charge < -0.3 is 4.42 Å². The van der Waals surface area contributed by atoms with Crippen LogP contribution in [0.1, 0.15) is 0 Å². The van der Waals surface area contributed by atoms with Gasteiger partial charge in [0, 0.05) is 10.8 Å². The van der Waals surface area contributed by atoms with Gasteiger partial charge in [0.2, 0.25) is 0 Å². The van der Waals surface area contributed by atoms with Gasteiger partial charge in [-0.05, 0) is 46.5 Å². The van der Waals surface area contributed by atoms with Gasteiger partial charge in [-0.3, -0.25) is 0 Å². The lowest BCUT2D eigenvalue weighted by molar-refractivity contribution is 0.669. The monoisotopic (exact) mass is 320 g/mol. The molecule has 0 N–H and O–H groups in total. The quantitative estimate of drug-likeness (QED) is 0.344. The predicted octanol–water partition coefficient (Wildman–Crippen LogP) is 6.92. The zero-order chi connectivity index (χ0) is 16.6. The first-order chi connectivity index (χ1) is 12.4. The first-order valence-electron chi connectivity index (χ1n) is 8.46. The average molecular weight is 320 g/mol. The van der Waals surface area contributed by atoms with Gasteiger partial charge in [-0.25, -0.2) is 0 Å². The number of furan rings is 1. The number of hydrogen-bond donors (Lipinski definition) is 0. The Hall–Kier alpha value is -3.32. The van der Waals surface area contributed by atoms with E-state index in [2.05, 4.69) is 78.9 Å². The van der Waals surface area contributed by atoms with Gasteiger partial charge in [0.25, 0.3) is 0 Å². The van der Waals surface area contributed by atoms with Crippen molar-refractivity contribution >= 4 is 21.9 Å². The molecule has 1 heterocycles. The van der Waals surface area contributed by atoms with Crippen LogP contribution in [-0.4, -0.2) is 0 Å². The Morgan fingerprint density at radius 2 is 1.04 bits per heavy atom. The van der Waals surface area contributed by atoms with Crippen molar-refractivity contribution in [3.8, 4) is 22.3 Å². The molecule has 0 saturated heterocycles. The molecule has 0 unspecified atom stereocenters. The minimum atomic E-state index is 0.934. The lowest BCUT2D eigenvalue weighted by atomic mass is 9.98. The minimum absolute atomic E-state index is 0.934. The van der Waals surface area contributed by atoms with Crippen LogP contribution in [0.3, 0.4) is 0 Å². The van der Waals surface area contributed by atoms with Gasteiger partial charge in [-0.15, -0.1) is 0 Å². The van der Waals surface area contributed by atoms with E-state index in [1.165, 1.54) is 33.0 Å². The molecule has 0 atom stereocenters.